The maximum Gasteiger partial charge on any atom is 0.134 e. The Morgan fingerprint density at radius 2 is 2.10 bits per heavy atom. The van der Waals surface area contributed by atoms with E-state index in [1.54, 1.807) is 6.33 Å². The maximum absolute atomic E-state index is 4.41. The second-order valence-electron chi connectivity index (χ2n) is 5.13. The minimum absolute atomic E-state index is 0.605. The van der Waals surface area contributed by atoms with Crippen molar-refractivity contribution < 1.29 is 0 Å². The third-order valence-electron chi connectivity index (χ3n) is 3.79. The average Bonchev–Trinajstić information content (AvgIpc) is 2.99. The van der Waals surface area contributed by atoms with Crippen molar-refractivity contribution in [3.8, 4) is 0 Å². The minimum Gasteiger partial charge on any atom is -0.370 e. The van der Waals surface area contributed by atoms with Gasteiger partial charge in [0.15, 0.2) is 0 Å². The van der Waals surface area contributed by atoms with Gasteiger partial charge in [0.25, 0.3) is 0 Å². The Bertz CT molecular complexity index is 555. The summed E-state index contributed by atoms with van der Waals surface area (Å²) in [6, 6.07) is 12.8. The number of rotatable bonds is 4. The molecule has 1 aromatic carbocycles. The molecule has 1 unspecified atom stereocenters. The van der Waals surface area contributed by atoms with Crippen molar-refractivity contribution in [3.63, 3.8) is 0 Å². The Hall–Kier alpha value is -2.10. The SMILES string of the molecule is CCNc1cc(N2CCC(c3ccccc3)C2)ncn1. The Balaban J connectivity index is 1.72. The lowest BCUT2D eigenvalue weighted by atomic mass is 9.99. The van der Waals surface area contributed by atoms with E-state index in [1.807, 2.05) is 6.07 Å². The number of aromatic nitrogens is 2. The smallest absolute Gasteiger partial charge is 0.134 e. The molecule has 1 aliphatic rings. The fourth-order valence-corrected chi connectivity index (χ4v) is 2.76. The molecule has 3 rings (SSSR count). The van der Waals surface area contributed by atoms with Crippen LogP contribution in [0.3, 0.4) is 0 Å². The van der Waals surface area contributed by atoms with E-state index >= 15 is 0 Å². The molecule has 0 bridgehead atoms. The molecule has 4 heteroatoms. The molecule has 1 atom stereocenters. The lowest BCUT2D eigenvalue weighted by molar-refractivity contribution is 0.774. The fourth-order valence-electron chi connectivity index (χ4n) is 2.76. The molecule has 1 aromatic heterocycles. The second kappa shape index (κ2) is 5.90. The third-order valence-corrected chi connectivity index (χ3v) is 3.79. The highest BCUT2D eigenvalue weighted by molar-refractivity contribution is 5.49. The normalized spacial score (nSPS) is 18.2. The summed E-state index contributed by atoms with van der Waals surface area (Å²) in [6.45, 7) is 5.04. The highest BCUT2D eigenvalue weighted by Gasteiger charge is 2.24. The molecule has 4 nitrogen and oxygen atoms in total. The molecule has 2 aromatic rings. The predicted octanol–water partition coefficient (Wildman–Crippen LogP) is 2.90. The monoisotopic (exact) mass is 268 g/mol. The van der Waals surface area contributed by atoms with Crippen LogP contribution in [0.5, 0.6) is 0 Å². The van der Waals surface area contributed by atoms with Gasteiger partial charge in [0.1, 0.15) is 18.0 Å². The Labute approximate surface area is 119 Å². The maximum atomic E-state index is 4.41. The van der Waals surface area contributed by atoms with Gasteiger partial charge < -0.3 is 10.2 Å². The lowest BCUT2D eigenvalue weighted by Crippen LogP contribution is -2.20. The molecule has 1 saturated heterocycles. The average molecular weight is 268 g/mol. The number of hydrogen-bond donors (Lipinski definition) is 1. The summed E-state index contributed by atoms with van der Waals surface area (Å²) in [5, 5.41) is 3.24. The number of nitrogens with one attached hydrogen (secondary N) is 1. The molecule has 1 N–H and O–H groups in total. The van der Waals surface area contributed by atoms with Gasteiger partial charge in [0, 0.05) is 31.6 Å². The van der Waals surface area contributed by atoms with E-state index in [4.69, 9.17) is 0 Å². The van der Waals surface area contributed by atoms with E-state index in [0.29, 0.717) is 5.92 Å². The van der Waals surface area contributed by atoms with E-state index in [-0.39, 0.29) is 0 Å². The molecule has 1 fully saturated rings. The summed E-state index contributed by atoms with van der Waals surface area (Å²) in [5.74, 6) is 2.53. The van der Waals surface area contributed by atoms with Gasteiger partial charge >= 0.3 is 0 Å². The van der Waals surface area contributed by atoms with Crippen LogP contribution in [0.1, 0.15) is 24.8 Å². The molecule has 0 amide bonds. The van der Waals surface area contributed by atoms with Gasteiger partial charge in [0.05, 0.1) is 0 Å². The highest BCUT2D eigenvalue weighted by Crippen LogP contribution is 2.30. The van der Waals surface area contributed by atoms with Gasteiger partial charge in [-0.05, 0) is 18.9 Å². The standard InChI is InChI=1S/C16H20N4/c1-2-17-15-10-16(19-12-18-15)20-9-8-14(11-20)13-6-4-3-5-7-13/h3-7,10,12,14H,2,8-9,11H2,1H3,(H,17,18,19). The number of anilines is 2. The first-order valence-electron chi connectivity index (χ1n) is 7.22. The summed E-state index contributed by atoms with van der Waals surface area (Å²) in [7, 11) is 0. The number of hydrogen-bond acceptors (Lipinski definition) is 4. The summed E-state index contributed by atoms with van der Waals surface area (Å²) in [6.07, 6.45) is 2.83. The van der Waals surface area contributed by atoms with Crippen LogP contribution in [0, 0.1) is 0 Å². The van der Waals surface area contributed by atoms with E-state index in [2.05, 4.69) is 57.4 Å². The molecular weight excluding hydrogens is 248 g/mol. The largest absolute Gasteiger partial charge is 0.370 e. The first-order chi connectivity index (χ1) is 9.86. The lowest BCUT2D eigenvalue weighted by Gasteiger charge is -2.18. The molecule has 104 valence electrons. The molecule has 20 heavy (non-hydrogen) atoms. The van der Waals surface area contributed by atoms with Crippen molar-refractivity contribution in [2.75, 3.05) is 29.9 Å². The Kier molecular flexibility index (Phi) is 3.81. The van der Waals surface area contributed by atoms with Crippen molar-refractivity contribution in [2.24, 2.45) is 0 Å². The third kappa shape index (κ3) is 2.74. The van der Waals surface area contributed by atoms with Gasteiger partial charge in [-0.2, -0.15) is 0 Å². The predicted molar refractivity (Wildman–Crippen MR) is 82.2 cm³/mol. The summed E-state index contributed by atoms with van der Waals surface area (Å²) in [5.41, 5.74) is 1.43. The van der Waals surface area contributed by atoms with Gasteiger partial charge in [-0.1, -0.05) is 30.3 Å². The molecule has 2 heterocycles. The highest BCUT2D eigenvalue weighted by atomic mass is 15.2. The number of nitrogens with zero attached hydrogens (tertiary/aromatic N) is 3. The Morgan fingerprint density at radius 1 is 1.25 bits per heavy atom. The van der Waals surface area contributed by atoms with Crippen LogP contribution in [0.25, 0.3) is 0 Å². The molecule has 0 saturated carbocycles. The van der Waals surface area contributed by atoms with Crippen molar-refractivity contribution in [1.82, 2.24) is 9.97 Å². The van der Waals surface area contributed by atoms with Crippen LogP contribution >= 0.6 is 0 Å². The zero-order valence-electron chi connectivity index (χ0n) is 11.8. The second-order valence-corrected chi connectivity index (χ2v) is 5.13. The van der Waals surface area contributed by atoms with Crippen molar-refractivity contribution in [2.45, 2.75) is 19.3 Å². The fraction of sp³-hybridized carbons (Fsp3) is 0.375. The summed E-state index contributed by atoms with van der Waals surface area (Å²) in [4.78, 5) is 11.0. The number of benzene rings is 1. The first kappa shape index (κ1) is 12.9. The van der Waals surface area contributed by atoms with Crippen LogP contribution in [-0.4, -0.2) is 29.6 Å². The van der Waals surface area contributed by atoms with E-state index < -0.39 is 0 Å². The molecule has 0 spiro atoms. The first-order valence-corrected chi connectivity index (χ1v) is 7.22. The summed E-state index contributed by atoms with van der Waals surface area (Å²) < 4.78 is 0. The van der Waals surface area contributed by atoms with Crippen LogP contribution in [-0.2, 0) is 0 Å². The van der Waals surface area contributed by atoms with E-state index in [9.17, 15) is 0 Å². The van der Waals surface area contributed by atoms with Crippen LogP contribution in [0.2, 0.25) is 0 Å². The molecule has 0 radical (unpaired) electrons. The van der Waals surface area contributed by atoms with Crippen LogP contribution in [0.15, 0.2) is 42.7 Å². The van der Waals surface area contributed by atoms with E-state index in [0.717, 1.165) is 31.3 Å². The van der Waals surface area contributed by atoms with Gasteiger partial charge in [-0.3, -0.25) is 0 Å². The molecular formula is C16H20N4. The quantitative estimate of drug-likeness (QED) is 0.925. The van der Waals surface area contributed by atoms with Gasteiger partial charge in [-0.15, -0.1) is 0 Å². The molecule has 0 aliphatic carbocycles. The zero-order chi connectivity index (χ0) is 13.8. The van der Waals surface area contributed by atoms with Gasteiger partial charge in [0.2, 0.25) is 0 Å². The van der Waals surface area contributed by atoms with Crippen molar-refractivity contribution in [1.29, 1.82) is 0 Å². The van der Waals surface area contributed by atoms with Crippen molar-refractivity contribution >= 4 is 11.6 Å². The topological polar surface area (TPSA) is 41.0 Å². The summed E-state index contributed by atoms with van der Waals surface area (Å²) >= 11 is 0. The van der Waals surface area contributed by atoms with Crippen molar-refractivity contribution in [3.05, 3.63) is 48.3 Å². The minimum atomic E-state index is 0.605. The van der Waals surface area contributed by atoms with Crippen LogP contribution < -0.4 is 10.2 Å². The molecule has 1 aliphatic heterocycles. The van der Waals surface area contributed by atoms with E-state index in [1.165, 1.54) is 12.0 Å². The zero-order valence-corrected chi connectivity index (χ0v) is 11.8. The van der Waals surface area contributed by atoms with Gasteiger partial charge in [-0.25, -0.2) is 9.97 Å². The van der Waals surface area contributed by atoms with Crippen LogP contribution in [0.4, 0.5) is 11.6 Å². The Morgan fingerprint density at radius 3 is 2.90 bits per heavy atom.